The van der Waals surface area contributed by atoms with Gasteiger partial charge in [0.05, 0.1) is 5.69 Å². The molecule has 7 nitrogen and oxygen atoms in total. The van der Waals surface area contributed by atoms with Gasteiger partial charge >= 0.3 is 6.03 Å². The van der Waals surface area contributed by atoms with Crippen LogP contribution < -0.4 is 10.6 Å². The van der Waals surface area contributed by atoms with E-state index in [0.29, 0.717) is 31.6 Å². The molecule has 1 aliphatic rings. The van der Waals surface area contributed by atoms with Gasteiger partial charge in [0.15, 0.2) is 0 Å². The van der Waals surface area contributed by atoms with Crippen LogP contribution in [0.25, 0.3) is 11.1 Å². The summed E-state index contributed by atoms with van der Waals surface area (Å²) in [6, 6.07) is 5.69. The van der Waals surface area contributed by atoms with Gasteiger partial charge in [0.25, 0.3) is 0 Å². The predicted molar refractivity (Wildman–Crippen MR) is 101 cm³/mol. The molecule has 2 N–H and O–H groups in total. The molecule has 3 rings (SSSR count). The first-order valence-corrected chi connectivity index (χ1v) is 9.02. The van der Waals surface area contributed by atoms with E-state index in [0.717, 1.165) is 16.8 Å². The third-order valence-electron chi connectivity index (χ3n) is 4.78. The van der Waals surface area contributed by atoms with E-state index >= 15 is 0 Å². The van der Waals surface area contributed by atoms with Crippen molar-refractivity contribution in [1.29, 1.82) is 0 Å². The second-order valence-corrected chi connectivity index (χ2v) is 6.76. The predicted octanol–water partition coefficient (Wildman–Crippen LogP) is 2.53. The van der Waals surface area contributed by atoms with Crippen LogP contribution in [0.4, 0.5) is 15.0 Å². The minimum Gasteiger partial charge on any atom is -0.344 e. The first kappa shape index (κ1) is 18.9. The number of likely N-dealkylation sites (tertiary alicyclic amines) is 1. The normalized spacial score (nSPS) is 17.1. The molecule has 1 aliphatic heterocycles. The minimum absolute atomic E-state index is 0.0891. The molecule has 1 aromatic heterocycles. The highest BCUT2D eigenvalue weighted by atomic mass is 19.1. The van der Waals surface area contributed by atoms with Gasteiger partial charge in [0.1, 0.15) is 11.6 Å². The zero-order chi connectivity index (χ0) is 19.6. The average molecular weight is 373 g/mol. The summed E-state index contributed by atoms with van der Waals surface area (Å²) in [5, 5.41) is 10.3. The van der Waals surface area contributed by atoms with Crippen molar-refractivity contribution in [3.8, 4) is 11.1 Å². The van der Waals surface area contributed by atoms with E-state index in [1.807, 2.05) is 6.92 Å². The number of likely N-dealkylation sites (N-methyl/N-ethyl adjacent to an activating group) is 1. The zero-order valence-electron chi connectivity index (χ0n) is 15.8. The van der Waals surface area contributed by atoms with Gasteiger partial charge in [-0.15, -0.1) is 0 Å². The molecular formula is C19H24FN5O2. The number of hydrogen-bond acceptors (Lipinski definition) is 3. The molecule has 2 heterocycles. The lowest BCUT2D eigenvalue weighted by Crippen LogP contribution is -2.49. The number of halogens is 1. The minimum atomic E-state index is -0.350. The van der Waals surface area contributed by atoms with Gasteiger partial charge in [-0.05, 0) is 30.5 Å². The van der Waals surface area contributed by atoms with Crippen LogP contribution in [0, 0.1) is 5.82 Å². The van der Waals surface area contributed by atoms with Crippen LogP contribution in [0.5, 0.6) is 0 Å². The Labute approximate surface area is 157 Å². The van der Waals surface area contributed by atoms with Gasteiger partial charge in [0.2, 0.25) is 5.91 Å². The fourth-order valence-corrected chi connectivity index (χ4v) is 3.35. The van der Waals surface area contributed by atoms with Crippen molar-refractivity contribution in [1.82, 2.24) is 20.0 Å². The Bertz CT molecular complexity index is 847. The molecule has 0 aliphatic carbocycles. The number of rotatable bonds is 4. The number of carbonyl (C=O) groups excluding carboxylic acids is 2. The van der Waals surface area contributed by atoms with E-state index in [4.69, 9.17) is 0 Å². The molecule has 0 saturated carbocycles. The largest absolute Gasteiger partial charge is 0.344 e. The second-order valence-electron chi connectivity index (χ2n) is 6.76. The molecule has 0 spiro atoms. The van der Waals surface area contributed by atoms with Crippen LogP contribution in [-0.2, 0) is 18.3 Å². The lowest BCUT2D eigenvalue weighted by molar-refractivity contribution is -0.132. The van der Waals surface area contributed by atoms with Crippen LogP contribution in [0.2, 0.25) is 0 Å². The van der Waals surface area contributed by atoms with Gasteiger partial charge in [-0.2, -0.15) is 5.10 Å². The maximum absolute atomic E-state index is 13.3. The first-order valence-electron chi connectivity index (χ1n) is 9.02. The number of nitrogens with zero attached hydrogens (tertiary/aromatic N) is 3. The SMILES string of the molecule is CCc1nn(C)c(NC(=O)N[C@H]2CCC(=O)N(C)C2)c1-c1ccc(F)cc1. The number of hydrogen-bond donors (Lipinski definition) is 2. The Hall–Kier alpha value is -2.90. The number of urea groups is 1. The number of aromatic nitrogens is 2. The van der Waals surface area contributed by atoms with Gasteiger partial charge in [-0.3, -0.25) is 14.8 Å². The smallest absolute Gasteiger partial charge is 0.320 e. The molecule has 0 radical (unpaired) electrons. The Kier molecular flexibility index (Phi) is 5.43. The molecule has 2 aromatic rings. The van der Waals surface area contributed by atoms with Gasteiger partial charge in [0, 0.05) is 38.7 Å². The molecule has 1 aromatic carbocycles. The summed E-state index contributed by atoms with van der Waals surface area (Å²) in [7, 11) is 3.49. The van der Waals surface area contributed by atoms with Crippen molar-refractivity contribution in [2.45, 2.75) is 32.2 Å². The average Bonchev–Trinajstić information content (AvgIpc) is 2.94. The first-order chi connectivity index (χ1) is 12.9. The summed E-state index contributed by atoms with van der Waals surface area (Å²) in [4.78, 5) is 25.7. The molecule has 144 valence electrons. The Morgan fingerprint density at radius 1 is 1.30 bits per heavy atom. The highest BCUT2D eigenvalue weighted by Gasteiger charge is 2.25. The quantitative estimate of drug-likeness (QED) is 0.864. The molecule has 3 amide bonds. The number of benzene rings is 1. The van der Waals surface area contributed by atoms with Crippen LogP contribution in [0.15, 0.2) is 24.3 Å². The molecule has 8 heteroatoms. The lowest BCUT2D eigenvalue weighted by atomic mass is 10.0. The van der Waals surface area contributed by atoms with E-state index in [-0.39, 0.29) is 23.8 Å². The Morgan fingerprint density at radius 3 is 2.63 bits per heavy atom. The fourth-order valence-electron chi connectivity index (χ4n) is 3.35. The van der Waals surface area contributed by atoms with Gasteiger partial charge in [-0.25, -0.2) is 9.18 Å². The van der Waals surface area contributed by atoms with E-state index in [9.17, 15) is 14.0 Å². The number of nitrogens with one attached hydrogen (secondary N) is 2. The number of piperidine rings is 1. The summed E-state index contributed by atoms with van der Waals surface area (Å²) in [5.74, 6) is 0.325. The van der Waals surface area contributed by atoms with Gasteiger partial charge in [-0.1, -0.05) is 19.1 Å². The molecule has 0 unspecified atom stereocenters. The van der Waals surface area contributed by atoms with Crippen molar-refractivity contribution in [3.05, 3.63) is 35.8 Å². The lowest BCUT2D eigenvalue weighted by Gasteiger charge is -2.30. The number of anilines is 1. The summed E-state index contributed by atoms with van der Waals surface area (Å²) >= 11 is 0. The van der Waals surface area contributed by atoms with Gasteiger partial charge < -0.3 is 10.2 Å². The topological polar surface area (TPSA) is 79.3 Å². The monoisotopic (exact) mass is 373 g/mol. The van der Waals surface area contributed by atoms with Crippen LogP contribution in [0.1, 0.15) is 25.5 Å². The molecule has 1 fully saturated rings. The highest BCUT2D eigenvalue weighted by Crippen LogP contribution is 2.32. The molecule has 0 bridgehead atoms. The van der Waals surface area contributed by atoms with E-state index < -0.39 is 0 Å². The molecule has 1 saturated heterocycles. The van der Waals surface area contributed by atoms with E-state index in [2.05, 4.69) is 15.7 Å². The van der Waals surface area contributed by atoms with Crippen LogP contribution in [-0.4, -0.2) is 46.3 Å². The third-order valence-corrected chi connectivity index (χ3v) is 4.78. The third kappa shape index (κ3) is 4.10. The Morgan fingerprint density at radius 2 is 2.00 bits per heavy atom. The highest BCUT2D eigenvalue weighted by molar-refractivity contribution is 5.94. The number of amides is 3. The maximum Gasteiger partial charge on any atom is 0.320 e. The summed E-state index contributed by atoms with van der Waals surface area (Å²) in [6.45, 7) is 2.47. The molecular weight excluding hydrogens is 349 g/mol. The summed E-state index contributed by atoms with van der Waals surface area (Å²) in [6.07, 6.45) is 1.72. The van der Waals surface area contributed by atoms with Crippen LogP contribution >= 0.6 is 0 Å². The van der Waals surface area contributed by atoms with Crippen molar-refractivity contribution >= 4 is 17.8 Å². The summed E-state index contributed by atoms with van der Waals surface area (Å²) in [5.41, 5.74) is 2.40. The molecule has 1 atom stereocenters. The standard InChI is InChI=1S/C19H24FN5O2/c1-4-15-17(12-5-7-13(20)8-6-12)18(25(3)23-15)22-19(27)21-14-9-10-16(26)24(2)11-14/h5-8,14H,4,9-11H2,1-3H3,(H2,21,22,27)/t14-/m0/s1. The second kappa shape index (κ2) is 7.77. The zero-order valence-corrected chi connectivity index (χ0v) is 15.8. The van der Waals surface area contributed by atoms with Crippen molar-refractivity contribution < 1.29 is 14.0 Å². The Balaban J connectivity index is 1.80. The van der Waals surface area contributed by atoms with E-state index in [1.54, 1.807) is 35.8 Å². The number of carbonyl (C=O) groups is 2. The van der Waals surface area contributed by atoms with Crippen molar-refractivity contribution in [2.75, 3.05) is 18.9 Å². The summed E-state index contributed by atoms with van der Waals surface area (Å²) < 4.78 is 14.9. The van der Waals surface area contributed by atoms with Crippen LogP contribution in [0.3, 0.4) is 0 Å². The maximum atomic E-state index is 13.3. The van der Waals surface area contributed by atoms with E-state index in [1.165, 1.54) is 12.1 Å². The molecule has 27 heavy (non-hydrogen) atoms. The number of aryl methyl sites for hydroxylation is 2. The van der Waals surface area contributed by atoms with Crippen molar-refractivity contribution in [2.24, 2.45) is 7.05 Å². The fraction of sp³-hybridized carbons (Fsp3) is 0.421. The van der Waals surface area contributed by atoms with Crippen molar-refractivity contribution in [3.63, 3.8) is 0 Å².